The molecule has 1 fully saturated rings. The van der Waals surface area contributed by atoms with Gasteiger partial charge in [0.25, 0.3) is 0 Å². The molecule has 3 aromatic rings. The molecule has 158 valence electrons. The average Bonchev–Trinajstić information content (AvgIpc) is 3.19. The molecule has 2 aromatic carbocycles. The Morgan fingerprint density at radius 2 is 2.10 bits per heavy atom. The van der Waals surface area contributed by atoms with Crippen LogP contribution in [-0.4, -0.2) is 36.0 Å². The Morgan fingerprint density at radius 1 is 1.30 bits per heavy atom. The van der Waals surface area contributed by atoms with Crippen LogP contribution in [0.3, 0.4) is 0 Å². The molecule has 0 unspecified atom stereocenters. The maximum Gasteiger partial charge on any atom is 0.233 e. The lowest BCUT2D eigenvalue weighted by molar-refractivity contribution is -0.117. The third kappa shape index (κ3) is 4.82. The number of piperidine rings is 1. The van der Waals surface area contributed by atoms with Crippen molar-refractivity contribution < 1.29 is 9.53 Å². The highest BCUT2D eigenvalue weighted by molar-refractivity contribution is 7.13. The van der Waals surface area contributed by atoms with Crippen molar-refractivity contribution in [1.29, 1.82) is 0 Å². The van der Waals surface area contributed by atoms with Crippen LogP contribution in [0.15, 0.2) is 41.8 Å². The van der Waals surface area contributed by atoms with Crippen LogP contribution in [-0.2, 0) is 11.3 Å². The van der Waals surface area contributed by atoms with E-state index in [1.807, 2.05) is 37.3 Å². The molecule has 1 aliphatic rings. The van der Waals surface area contributed by atoms with Gasteiger partial charge in [0, 0.05) is 18.5 Å². The summed E-state index contributed by atoms with van der Waals surface area (Å²) in [4.78, 5) is 19.9. The summed E-state index contributed by atoms with van der Waals surface area (Å²) in [6, 6.07) is 12.1. The van der Waals surface area contributed by atoms with Crippen LogP contribution in [0, 0.1) is 5.92 Å². The molecule has 5 nitrogen and oxygen atoms in total. The van der Waals surface area contributed by atoms with Gasteiger partial charge >= 0.3 is 0 Å². The highest BCUT2D eigenvalue weighted by Crippen LogP contribution is 2.27. The molecule has 2 atom stereocenters. The Bertz CT molecular complexity index is 1030. The Morgan fingerprint density at radius 3 is 2.90 bits per heavy atom. The first-order chi connectivity index (χ1) is 14.5. The molecule has 0 aliphatic carbocycles. The molecule has 0 spiro atoms. The fourth-order valence-electron chi connectivity index (χ4n) is 4.10. The first kappa shape index (κ1) is 20.8. The molecule has 0 radical (unpaired) electrons. The van der Waals surface area contributed by atoms with Crippen molar-refractivity contribution in [2.45, 2.75) is 39.2 Å². The molecule has 1 N–H and O–H groups in total. The summed E-state index contributed by atoms with van der Waals surface area (Å²) in [7, 11) is 1.67. The minimum Gasteiger partial charge on any atom is -0.497 e. The van der Waals surface area contributed by atoms with E-state index < -0.39 is 0 Å². The van der Waals surface area contributed by atoms with Crippen LogP contribution >= 0.6 is 11.3 Å². The predicted octanol–water partition coefficient (Wildman–Crippen LogP) is 5.28. The second-order valence-electron chi connectivity index (χ2n) is 8.31. The van der Waals surface area contributed by atoms with Crippen LogP contribution in [0.5, 0.6) is 5.75 Å². The first-order valence-corrected chi connectivity index (χ1v) is 11.4. The van der Waals surface area contributed by atoms with Crippen molar-refractivity contribution in [3.05, 3.63) is 53.0 Å². The molecule has 1 saturated heterocycles. The van der Waals surface area contributed by atoms with Crippen molar-refractivity contribution in [2.24, 2.45) is 5.92 Å². The Kier molecular flexibility index (Phi) is 6.35. The average molecular weight is 424 g/mol. The topological polar surface area (TPSA) is 54.5 Å². The summed E-state index contributed by atoms with van der Waals surface area (Å²) < 4.78 is 5.29. The fraction of sp³-hybridized carbons (Fsp3) is 0.417. The van der Waals surface area contributed by atoms with E-state index in [1.54, 1.807) is 7.11 Å². The van der Waals surface area contributed by atoms with Crippen molar-refractivity contribution in [2.75, 3.05) is 25.5 Å². The van der Waals surface area contributed by atoms with E-state index in [4.69, 9.17) is 4.74 Å². The number of aromatic nitrogens is 1. The number of amides is 1. The minimum atomic E-state index is -0.258. The van der Waals surface area contributed by atoms with E-state index in [0.717, 1.165) is 53.3 Å². The number of carbonyl (C=O) groups excluding carboxylic acids is 1. The molecule has 6 heteroatoms. The van der Waals surface area contributed by atoms with Gasteiger partial charge in [-0.2, -0.15) is 0 Å². The number of carbonyl (C=O) groups is 1. The SMILES string of the molecule is COc1ccc2cc([C@H](C)C(=O)Nc3nc(CN4CCC[C@@H](C)C4)cs3)ccc2c1. The number of hydrogen-bond donors (Lipinski definition) is 1. The highest BCUT2D eigenvalue weighted by Gasteiger charge is 2.19. The number of likely N-dealkylation sites (tertiary alicyclic amines) is 1. The molecule has 4 rings (SSSR count). The van der Waals surface area contributed by atoms with Gasteiger partial charge in [-0.15, -0.1) is 11.3 Å². The maximum atomic E-state index is 12.8. The normalized spacial score (nSPS) is 18.3. The molecule has 1 aliphatic heterocycles. The lowest BCUT2D eigenvalue weighted by atomic mass is 9.97. The molecule has 0 bridgehead atoms. The zero-order valence-corrected chi connectivity index (χ0v) is 18.7. The van der Waals surface area contributed by atoms with Crippen molar-refractivity contribution in [3.8, 4) is 5.75 Å². The number of benzene rings is 2. The van der Waals surface area contributed by atoms with Crippen molar-refractivity contribution >= 4 is 33.1 Å². The van der Waals surface area contributed by atoms with Gasteiger partial charge in [0.05, 0.1) is 18.7 Å². The maximum absolute atomic E-state index is 12.8. The third-order valence-electron chi connectivity index (χ3n) is 5.87. The number of methoxy groups -OCH3 is 1. The summed E-state index contributed by atoms with van der Waals surface area (Å²) in [5.41, 5.74) is 2.03. The Balaban J connectivity index is 1.40. The third-order valence-corrected chi connectivity index (χ3v) is 6.68. The lowest BCUT2D eigenvalue weighted by Gasteiger charge is -2.30. The van der Waals surface area contributed by atoms with E-state index in [2.05, 4.69) is 33.6 Å². The van der Waals surface area contributed by atoms with Gasteiger partial charge in [0.2, 0.25) is 5.91 Å². The Labute approximate surface area is 182 Å². The highest BCUT2D eigenvalue weighted by atomic mass is 32.1. The molecule has 0 saturated carbocycles. The van der Waals surface area contributed by atoms with Gasteiger partial charge in [-0.3, -0.25) is 9.69 Å². The number of ether oxygens (including phenoxy) is 1. The molecule has 1 aromatic heterocycles. The monoisotopic (exact) mass is 423 g/mol. The number of nitrogens with zero attached hydrogens (tertiary/aromatic N) is 2. The van der Waals surface area contributed by atoms with E-state index in [9.17, 15) is 4.79 Å². The van der Waals surface area contributed by atoms with Crippen LogP contribution in [0.25, 0.3) is 10.8 Å². The van der Waals surface area contributed by atoms with Gasteiger partial charge in [-0.25, -0.2) is 4.98 Å². The van der Waals surface area contributed by atoms with Gasteiger partial charge < -0.3 is 10.1 Å². The molecular formula is C24H29N3O2S. The largest absolute Gasteiger partial charge is 0.497 e. The first-order valence-electron chi connectivity index (χ1n) is 10.6. The van der Waals surface area contributed by atoms with Crippen molar-refractivity contribution in [3.63, 3.8) is 0 Å². The standard InChI is InChI=1S/C24H29N3O2S/c1-16-5-4-10-27(13-16)14-21-15-30-24(25-21)26-23(28)17(2)18-6-7-20-12-22(29-3)9-8-19(20)11-18/h6-9,11-12,15-17H,4-5,10,13-14H2,1-3H3,(H,25,26,28)/t16-,17+/m1/s1. The summed E-state index contributed by atoms with van der Waals surface area (Å²) in [6.07, 6.45) is 2.57. The number of anilines is 1. The van der Waals surface area contributed by atoms with E-state index in [0.29, 0.717) is 5.13 Å². The van der Waals surface area contributed by atoms with Crippen LogP contribution in [0.2, 0.25) is 0 Å². The number of fused-ring (bicyclic) bond motifs is 1. The number of hydrogen-bond acceptors (Lipinski definition) is 5. The molecular weight excluding hydrogens is 394 g/mol. The summed E-state index contributed by atoms with van der Waals surface area (Å²) in [5, 5.41) is 7.94. The van der Waals surface area contributed by atoms with E-state index in [1.165, 1.54) is 24.2 Å². The smallest absolute Gasteiger partial charge is 0.233 e. The van der Waals surface area contributed by atoms with Crippen LogP contribution in [0.4, 0.5) is 5.13 Å². The number of rotatable bonds is 6. The van der Waals surface area contributed by atoms with E-state index in [-0.39, 0.29) is 11.8 Å². The minimum absolute atomic E-state index is 0.0321. The lowest BCUT2D eigenvalue weighted by Crippen LogP contribution is -2.33. The quantitative estimate of drug-likeness (QED) is 0.586. The van der Waals surface area contributed by atoms with Gasteiger partial charge in [0.1, 0.15) is 5.75 Å². The zero-order chi connectivity index (χ0) is 21.1. The molecule has 30 heavy (non-hydrogen) atoms. The van der Waals surface area contributed by atoms with Crippen LogP contribution in [0.1, 0.15) is 43.9 Å². The summed E-state index contributed by atoms with van der Waals surface area (Å²) in [5.74, 6) is 1.29. The van der Waals surface area contributed by atoms with Gasteiger partial charge in [-0.1, -0.05) is 31.2 Å². The van der Waals surface area contributed by atoms with Gasteiger partial charge in [0.15, 0.2) is 5.13 Å². The van der Waals surface area contributed by atoms with E-state index >= 15 is 0 Å². The number of thiazole rings is 1. The predicted molar refractivity (Wildman–Crippen MR) is 123 cm³/mol. The summed E-state index contributed by atoms with van der Waals surface area (Å²) >= 11 is 1.50. The second-order valence-corrected chi connectivity index (χ2v) is 9.17. The zero-order valence-electron chi connectivity index (χ0n) is 17.9. The van der Waals surface area contributed by atoms with Crippen LogP contribution < -0.4 is 10.1 Å². The Hall–Kier alpha value is -2.44. The second kappa shape index (κ2) is 9.14. The molecule has 2 heterocycles. The van der Waals surface area contributed by atoms with Gasteiger partial charge in [-0.05, 0) is 60.7 Å². The fourth-order valence-corrected chi connectivity index (χ4v) is 4.80. The number of nitrogens with one attached hydrogen (secondary N) is 1. The molecule has 1 amide bonds. The van der Waals surface area contributed by atoms with Crippen molar-refractivity contribution in [1.82, 2.24) is 9.88 Å². The summed E-state index contributed by atoms with van der Waals surface area (Å²) in [6.45, 7) is 7.37.